The quantitative estimate of drug-likeness (QED) is 0.0970. The highest BCUT2D eigenvalue weighted by Crippen LogP contribution is 2.53. The first-order valence-corrected chi connectivity index (χ1v) is 18.7. The van der Waals surface area contributed by atoms with Gasteiger partial charge in [0.25, 0.3) is 0 Å². The van der Waals surface area contributed by atoms with E-state index in [9.17, 15) is 29.7 Å². The number of aliphatic hydroxyl groups is 3. The molecular weight excluding hydrogens is 744 g/mol. The topological polar surface area (TPSA) is 256 Å². The van der Waals surface area contributed by atoms with Gasteiger partial charge in [0.1, 0.15) is 78.4 Å². The maximum atomic E-state index is 13.2. The van der Waals surface area contributed by atoms with E-state index in [4.69, 9.17) is 57.0 Å². The van der Waals surface area contributed by atoms with Gasteiger partial charge in [0, 0.05) is 0 Å². The number of aliphatic hydroxyl groups excluding tert-OH is 3. The fourth-order valence-electron chi connectivity index (χ4n) is 9.08. The van der Waals surface area contributed by atoms with E-state index in [2.05, 4.69) is 19.7 Å². The zero-order valence-corrected chi connectivity index (χ0v) is 30.8. The Balaban J connectivity index is 0.000000542. The lowest BCUT2D eigenvalue weighted by Gasteiger charge is -2.34. The van der Waals surface area contributed by atoms with E-state index >= 15 is 0 Å². The third-order valence-corrected chi connectivity index (χ3v) is 12.0. The molecule has 0 amide bonds. The number of epoxide rings is 3. The highest BCUT2D eigenvalue weighted by molar-refractivity contribution is 5.87. The van der Waals surface area contributed by atoms with Crippen LogP contribution in [-0.2, 0) is 71.4 Å². The number of carbonyl (C=O) groups is 3. The Bertz CT molecular complexity index is 1470. The molecule has 9 fully saturated rings. The van der Waals surface area contributed by atoms with Crippen LogP contribution in [0.2, 0.25) is 0 Å². The Morgan fingerprint density at radius 3 is 1.14 bits per heavy atom. The first kappa shape index (κ1) is 42.5. The number of hydrogen-bond acceptors (Lipinski definition) is 18. The van der Waals surface area contributed by atoms with Gasteiger partial charge in [-0.25, -0.2) is 14.4 Å². The Hall–Kier alpha value is -3.12. The lowest BCUT2D eigenvalue weighted by molar-refractivity contribution is -0.171. The van der Waals surface area contributed by atoms with Crippen LogP contribution in [0.1, 0.15) is 32.6 Å². The fourth-order valence-corrected chi connectivity index (χ4v) is 9.08. The van der Waals surface area contributed by atoms with E-state index < -0.39 is 41.7 Å². The van der Waals surface area contributed by atoms with Gasteiger partial charge in [-0.2, -0.15) is 0 Å². The van der Waals surface area contributed by atoms with Gasteiger partial charge in [0.2, 0.25) is 0 Å². The molecular formula is C38H48O18. The molecule has 0 radical (unpaired) electrons. The second-order valence-corrected chi connectivity index (χ2v) is 15.2. The molecule has 0 aromatic rings. The molecule has 9 saturated heterocycles. The summed E-state index contributed by atoms with van der Waals surface area (Å²) in [6, 6.07) is 0. The van der Waals surface area contributed by atoms with E-state index in [1.165, 1.54) is 17.8 Å². The number of carbonyl (C=O) groups excluding carboxylic acids is 6. The Morgan fingerprint density at radius 2 is 0.875 bits per heavy atom. The van der Waals surface area contributed by atoms with Gasteiger partial charge in [0.05, 0.1) is 87.4 Å². The van der Waals surface area contributed by atoms with Gasteiger partial charge < -0.3 is 58.0 Å². The molecule has 9 aliphatic heterocycles. The average Bonchev–Trinajstić information content (AvgIpc) is 4.13. The van der Waals surface area contributed by atoms with E-state index in [1.807, 2.05) is 0 Å². The van der Waals surface area contributed by atoms with E-state index in [0.29, 0.717) is 19.3 Å². The lowest BCUT2D eigenvalue weighted by atomic mass is 9.84. The van der Waals surface area contributed by atoms with Crippen molar-refractivity contribution in [2.45, 2.75) is 130 Å². The van der Waals surface area contributed by atoms with Crippen LogP contribution in [0.4, 0.5) is 0 Å². The van der Waals surface area contributed by atoms with Crippen LogP contribution in [0.5, 0.6) is 0 Å². The van der Waals surface area contributed by atoms with Crippen molar-refractivity contribution in [3.05, 3.63) is 19.7 Å². The van der Waals surface area contributed by atoms with Crippen molar-refractivity contribution in [1.29, 1.82) is 0 Å². The number of Topliss-reactive ketones (excluding diaryl/α,β-unsaturated/α-hetero) is 3. The Kier molecular flexibility index (Phi) is 13.5. The first-order chi connectivity index (χ1) is 26.9. The summed E-state index contributed by atoms with van der Waals surface area (Å²) in [6.07, 6.45) is -3.89. The van der Waals surface area contributed by atoms with Crippen LogP contribution in [0, 0.1) is 17.8 Å². The van der Waals surface area contributed by atoms with Crippen molar-refractivity contribution in [1.82, 2.24) is 0 Å². The van der Waals surface area contributed by atoms with Gasteiger partial charge in [-0.1, -0.05) is 6.92 Å². The van der Waals surface area contributed by atoms with Crippen molar-refractivity contribution < 1.29 is 86.7 Å². The number of fused-ring (bicyclic) bond motifs is 15. The summed E-state index contributed by atoms with van der Waals surface area (Å²) < 4.78 is 51.9. The van der Waals surface area contributed by atoms with Crippen LogP contribution < -0.4 is 0 Å². The lowest BCUT2D eigenvalue weighted by Crippen LogP contribution is -2.48. The SMILES string of the molecule is C=C=O.C=C=O.C=C=O.CCC(COCC(O)C(=O)C1CC2OC1C1OC21)(COCC(O)C(=O)C1CC2OC1C1OC21)OCC(O)C(=O)C1CC2OC1C1OC21. The molecule has 18 unspecified atom stereocenters. The fraction of sp³-hybridized carbons (Fsp3) is 0.763. The standard InChI is InChI=1S/C32H42O15.3C2H2O/c1-2-32(41-8-16(35)22(38)13-5-19-28-31(47-28)25(13)44-19,9-39-6-14(33)20(36)11-3-17-26-29(45-26)23(11)42-17)10-40-7-15(34)21(37)12-4-18-27-30(46-27)24(12)43-18;3*1-2-3/h11-19,23-31,33-35H,2-10H2,1H3;3*1H2. The largest absolute Gasteiger partial charge is 0.383 e. The molecule has 3 N–H and O–H groups in total. The molecule has 9 rings (SSSR count). The number of ketones is 3. The highest BCUT2D eigenvalue weighted by Gasteiger charge is 2.68. The molecule has 0 aromatic heterocycles. The van der Waals surface area contributed by atoms with Crippen molar-refractivity contribution in [3.8, 4) is 0 Å². The second kappa shape index (κ2) is 17.8. The summed E-state index contributed by atoms with van der Waals surface area (Å²) in [5.41, 5.74) is -1.24. The van der Waals surface area contributed by atoms with Gasteiger partial charge in [-0.15, -0.1) is 0 Å². The monoisotopic (exact) mass is 792 g/mol. The summed E-state index contributed by atoms with van der Waals surface area (Å²) in [4.78, 5) is 64.9. The normalized spacial score (nSPS) is 41.0. The second-order valence-electron chi connectivity index (χ2n) is 15.2. The van der Waals surface area contributed by atoms with Gasteiger partial charge >= 0.3 is 0 Å². The summed E-state index contributed by atoms with van der Waals surface area (Å²) >= 11 is 0. The molecule has 18 atom stereocenters. The molecule has 0 aromatic carbocycles. The average molecular weight is 793 g/mol. The number of rotatable bonds is 18. The van der Waals surface area contributed by atoms with Crippen molar-refractivity contribution >= 4 is 35.2 Å². The third-order valence-electron chi connectivity index (χ3n) is 12.0. The highest BCUT2D eigenvalue weighted by atomic mass is 16.7. The number of hydrogen-bond donors (Lipinski definition) is 3. The van der Waals surface area contributed by atoms with E-state index in [1.54, 1.807) is 6.92 Å². The molecule has 0 spiro atoms. The molecule has 6 bridgehead atoms. The minimum absolute atomic E-state index is 0.0505. The minimum Gasteiger partial charge on any atom is -0.383 e. The van der Waals surface area contributed by atoms with Crippen LogP contribution in [0.3, 0.4) is 0 Å². The molecule has 18 heteroatoms. The first-order valence-electron chi connectivity index (χ1n) is 18.7. The van der Waals surface area contributed by atoms with Gasteiger partial charge in [-0.05, 0) is 45.4 Å². The van der Waals surface area contributed by atoms with Gasteiger partial charge in [0.15, 0.2) is 17.3 Å². The van der Waals surface area contributed by atoms with Crippen LogP contribution in [-0.4, -0.2) is 181 Å². The minimum atomic E-state index is -1.44. The number of ether oxygens (including phenoxy) is 9. The maximum Gasteiger partial charge on any atom is 0.169 e. The van der Waals surface area contributed by atoms with Crippen molar-refractivity contribution in [3.63, 3.8) is 0 Å². The Labute approximate surface area is 322 Å². The smallest absolute Gasteiger partial charge is 0.169 e. The predicted molar refractivity (Wildman–Crippen MR) is 184 cm³/mol. The molecule has 0 saturated carbocycles. The molecule has 308 valence electrons. The van der Waals surface area contributed by atoms with Crippen molar-refractivity contribution in [2.24, 2.45) is 17.8 Å². The van der Waals surface area contributed by atoms with Crippen LogP contribution in [0.25, 0.3) is 0 Å². The molecule has 9 heterocycles. The maximum absolute atomic E-state index is 13.2. The van der Waals surface area contributed by atoms with Crippen molar-refractivity contribution in [2.75, 3.05) is 33.0 Å². The summed E-state index contributed by atoms with van der Waals surface area (Å²) in [7, 11) is 0. The van der Waals surface area contributed by atoms with Crippen LogP contribution >= 0.6 is 0 Å². The van der Waals surface area contributed by atoms with Crippen LogP contribution in [0.15, 0.2) is 19.7 Å². The third kappa shape index (κ3) is 8.52. The predicted octanol–water partition coefficient (Wildman–Crippen LogP) is -2.35. The molecule has 0 aliphatic carbocycles. The molecule has 18 nitrogen and oxygen atoms in total. The summed E-state index contributed by atoms with van der Waals surface area (Å²) in [6.45, 7) is 8.55. The van der Waals surface area contributed by atoms with Gasteiger partial charge in [-0.3, -0.25) is 14.4 Å². The molecule has 9 aliphatic rings. The van der Waals surface area contributed by atoms with E-state index in [0.717, 1.165) is 0 Å². The summed E-state index contributed by atoms with van der Waals surface area (Å²) in [5.74, 6) is 1.24. The zero-order valence-electron chi connectivity index (χ0n) is 30.8. The van der Waals surface area contributed by atoms with E-state index in [-0.39, 0.29) is 130 Å². The Morgan fingerprint density at radius 1 is 0.571 bits per heavy atom. The zero-order chi connectivity index (χ0) is 40.5. The molecule has 56 heavy (non-hydrogen) atoms. The summed E-state index contributed by atoms with van der Waals surface area (Å²) in [5, 5.41) is 32.3.